The minimum atomic E-state index is -0.359. The summed E-state index contributed by atoms with van der Waals surface area (Å²) in [4.78, 5) is 13.6. The van der Waals surface area contributed by atoms with Gasteiger partial charge in [-0.3, -0.25) is 0 Å². The molecule has 0 spiro atoms. The first kappa shape index (κ1) is 15.3. The molecule has 0 saturated heterocycles. The van der Waals surface area contributed by atoms with Crippen LogP contribution >= 0.6 is 0 Å². The van der Waals surface area contributed by atoms with Crippen LogP contribution in [0.4, 0.5) is 4.79 Å². The van der Waals surface area contributed by atoms with Gasteiger partial charge in [-0.2, -0.15) is 0 Å². The Morgan fingerprint density at radius 1 is 1.31 bits per heavy atom. The van der Waals surface area contributed by atoms with E-state index in [9.17, 15) is 4.79 Å². The van der Waals surface area contributed by atoms with Crippen LogP contribution in [0.1, 0.15) is 54.4 Å². The highest BCUT2D eigenvalue weighted by atomic mass is 16.6. The van der Waals surface area contributed by atoms with Gasteiger partial charge in [0.05, 0.1) is 0 Å². The van der Waals surface area contributed by atoms with Crippen molar-refractivity contribution >= 4 is 6.09 Å². The average Bonchev–Trinajstić information content (AvgIpc) is 2.17. The molecule has 0 aliphatic rings. The van der Waals surface area contributed by atoms with Crippen molar-refractivity contribution in [2.45, 2.75) is 60.0 Å². The van der Waals surface area contributed by atoms with E-state index in [1.807, 2.05) is 27.7 Å². The van der Waals surface area contributed by atoms with E-state index in [1.165, 1.54) is 0 Å². The third-order valence-corrected chi connectivity index (χ3v) is 2.83. The summed E-state index contributed by atoms with van der Waals surface area (Å²) in [5.41, 5.74) is -0.359. The molecule has 0 unspecified atom stereocenters. The molecule has 0 heterocycles. The number of ether oxygens (including phenoxy) is 1. The second-order valence-corrected chi connectivity index (χ2v) is 5.24. The number of rotatable bonds is 6. The Hall–Kier alpha value is -0.730. The molecular formula is C13H27NO2. The molecule has 3 heteroatoms. The molecule has 0 aromatic heterocycles. The van der Waals surface area contributed by atoms with Crippen LogP contribution < -0.4 is 0 Å². The molecule has 0 saturated carbocycles. The van der Waals surface area contributed by atoms with Crippen molar-refractivity contribution in [1.82, 2.24) is 4.90 Å². The highest BCUT2D eigenvalue weighted by Gasteiger charge is 2.23. The summed E-state index contributed by atoms with van der Waals surface area (Å²) in [6.45, 7) is 13.7. The van der Waals surface area contributed by atoms with Crippen molar-refractivity contribution in [3.8, 4) is 0 Å². The predicted molar refractivity (Wildman–Crippen MR) is 67.6 cm³/mol. The van der Waals surface area contributed by atoms with Gasteiger partial charge in [0.25, 0.3) is 0 Å². The lowest BCUT2D eigenvalue weighted by Crippen LogP contribution is -2.38. The molecular weight excluding hydrogens is 202 g/mol. The highest BCUT2D eigenvalue weighted by molar-refractivity contribution is 5.68. The molecule has 0 rings (SSSR count). The van der Waals surface area contributed by atoms with Crippen LogP contribution in [0.2, 0.25) is 0 Å². The number of carbonyl (C=O) groups excluding carboxylic acids is 1. The van der Waals surface area contributed by atoms with E-state index in [-0.39, 0.29) is 11.7 Å². The quantitative estimate of drug-likeness (QED) is 0.695. The van der Waals surface area contributed by atoms with Crippen molar-refractivity contribution in [2.75, 3.05) is 13.1 Å². The first-order valence-corrected chi connectivity index (χ1v) is 6.30. The number of carbonyl (C=O) groups is 1. The highest BCUT2D eigenvalue weighted by Crippen LogP contribution is 2.15. The van der Waals surface area contributed by atoms with Crippen LogP contribution in [0.25, 0.3) is 0 Å². The van der Waals surface area contributed by atoms with Crippen LogP contribution in [0.5, 0.6) is 0 Å². The fourth-order valence-corrected chi connectivity index (χ4v) is 1.17. The topological polar surface area (TPSA) is 29.5 Å². The molecule has 0 aromatic rings. The lowest BCUT2D eigenvalue weighted by Gasteiger charge is -2.28. The summed E-state index contributed by atoms with van der Waals surface area (Å²) in [6.07, 6.45) is 1.67. The molecule has 0 aromatic carbocycles. The monoisotopic (exact) mass is 229 g/mol. The van der Waals surface area contributed by atoms with E-state index in [1.54, 1.807) is 4.90 Å². The zero-order valence-corrected chi connectivity index (χ0v) is 11.7. The minimum Gasteiger partial charge on any atom is -0.443 e. The van der Waals surface area contributed by atoms with Gasteiger partial charge in [0.15, 0.2) is 0 Å². The summed E-state index contributed by atoms with van der Waals surface area (Å²) < 4.78 is 5.46. The Morgan fingerprint density at radius 2 is 1.88 bits per heavy atom. The maximum Gasteiger partial charge on any atom is 0.410 e. The molecule has 16 heavy (non-hydrogen) atoms. The molecule has 0 bridgehead atoms. The van der Waals surface area contributed by atoms with Gasteiger partial charge < -0.3 is 9.64 Å². The van der Waals surface area contributed by atoms with E-state index < -0.39 is 0 Å². The van der Waals surface area contributed by atoms with Crippen LogP contribution in [0.15, 0.2) is 0 Å². The molecule has 0 fully saturated rings. The van der Waals surface area contributed by atoms with Gasteiger partial charge >= 0.3 is 6.09 Å². The standard InChI is InChI=1S/C13H27NO2/c1-7-13(5,6)16-12(15)14(8-2)10-9-11(3)4/h11H,7-10H2,1-6H3. The van der Waals surface area contributed by atoms with Gasteiger partial charge in [0.2, 0.25) is 0 Å². The Bertz CT molecular complexity index is 212. The maximum atomic E-state index is 11.9. The van der Waals surface area contributed by atoms with Gasteiger partial charge in [-0.25, -0.2) is 4.79 Å². The fourth-order valence-electron chi connectivity index (χ4n) is 1.17. The van der Waals surface area contributed by atoms with E-state index >= 15 is 0 Å². The smallest absolute Gasteiger partial charge is 0.410 e. The Balaban J connectivity index is 4.21. The molecule has 0 N–H and O–H groups in total. The number of nitrogens with zero attached hydrogens (tertiary/aromatic N) is 1. The van der Waals surface area contributed by atoms with Gasteiger partial charge in [0.1, 0.15) is 5.60 Å². The Labute approximate surface area is 100 Å². The van der Waals surface area contributed by atoms with Crippen molar-refractivity contribution < 1.29 is 9.53 Å². The molecule has 3 nitrogen and oxygen atoms in total. The van der Waals surface area contributed by atoms with Crippen molar-refractivity contribution in [1.29, 1.82) is 0 Å². The average molecular weight is 229 g/mol. The minimum absolute atomic E-state index is 0.185. The lowest BCUT2D eigenvalue weighted by molar-refractivity contribution is 0.0117. The molecule has 0 aliphatic carbocycles. The predicted octanol–water partition coefficient (Wildman–Crippen LogP) is 3.68. The van der Waals surface area contributed by atoms with Crippen molar-refractivity contribution in [3.05, 3.63) is 0 Å². The third kappa shape index (κ3) is 5.99. The van der Waals surface area contributed by atoms with E-state index in [0.717, 1.165) is 19.4 Å². The van der Waals surface area contributed by atoms with E-state index in [4.69, 9.17) is 4.74 Å². The number of hydrogen-bond donors (Lipinski definition) is 0. The molecule has 1 amide bonds. The number of amides is 1. The maximum absolute atomic E-state index is 11.9. The fraction of sp³-hybridized carbons (Fsp3) is 0.923. The first-order chi connectivity index (χ1) is 7.32. The van der Waals surface area contributed by atoms with E-state index in [2.05, 4.69) is 13.8 Å². The summed E-state index contributed by atoms with van der Waals surface area (Å²) >= 11 is 0. The summed E-state index contributed by atoms with van der Waals surface area (Å²) in [5.74, 6) is 0.612. The van der Waals surface area contributed by atoms with Gasteiger partial charge in [-0.15, -0.1) is 0 Å². The largest absolute Gasteiger partial charge is 0.443 e. The second-order valence-electron chi connectivity index (χ2n) is 5.24. The lowest BCUT2D eigenvalue weighted by atomic mass is 10.1. The molecule has 96 valence electrons. The zero-order chi connectivity index (χ0) is 12.8. The van der Waals surface area contributed by atoms with Crippen LogP contribution in [-0.2, 0) is 4.74 Å². The van der Waals surface area contributed by atoms with E-state index in [0.29, 0.717) is 12.5 Å². The first-order valence-electron chi connectivity index (χ1n) is 6.30. The zero-order valence-electron chi connectivity index (χ0n) is 11.7. The normalized spacial score (nSPS) is 11.7. The third-order valence-electron chi connectivity index (χ3n) is 2.83. The van der Waals surface area contributed by atoms with Crippen molar-refractivity contribution in [3.63, 3.8) is 0 Å². The molecule has 0 atom stereocenters. The van der Waals surface area contributed by atoms with Gasteiger partial charge in [-0.05, 0) is 39.5 Å². The Kier molecular flexibility index (Phi) is 6.46. The Morgan fingerprint density at radius 3 is 2.25 bits per heavy atom. The van der Waals surface area contributed by atoms with Crippen LogP contribution in [0.3, 0.4) is 0 Å². The number of hydrogen-bond acceptors (Lipinski definition) is 2. The van der Waals surface area contributed by atoms with Crippen molar-refractivity contribution in [2.24, 2.45) is 5.92 Å². The molecule has 0 radical (unpaired) electrons. The molecule has 0 aliphatic heterocycles. The summed E-state index contributed by atoms with van der Waals surface area (Å²) in [5, 5.41) is 0. The van der Waals surface area contributed by atoms with Gasteiger partial charge in [0, 0.05) is 13.1 Å². The second kappa shape index (κ2) is 6.77. The van der Waals surface area contributed by atoms with Crippen LogP contribution in [-0.4, -0.2) is 29.7 Å². The summed E-state index contributed by atoms with van der Waals surface area (Å²) in [7, 11) is 0. The SMILES string of the molecule is CCN(CCC(C)C)C(=O)OC(C)(C)CC. The van der Waals surface area contributed by atoms with Crippen LogP contribution in [0, 0.1) is 5.92 Å². The van der Waals surface area contributed by atoms with Gasteiger partial charge in [-0.1, -0.05) is 20.8 Å². The summed E-state index contributed by atoms with van der Waals surface area (Å²) in [6, 6.07) is 0.